The Bertz CT molecular complexity index is 1110. The Labute approximate surface area is 171 Å². The Morgan fingerprint density at radius 1 is 1.07 bits per heavy atom. The molecule has 1 aromatic carbocycles. The summed E-state index contributed by atoms with van der Waals surface area (Å²) in [4.78, 5) is 6.79. The fraction of sp³-hybridized carbons (Fsp3) is 0.250. The molecule has 1 atom stereocenters. The fourth-order valence-electron chi connectivity index (χ4n) is 3.56. The molecule has 0 saturated heterocycles. The lowest BCUT2D eigenvalue weighted by molar-refractivity contribution is 0.148. The van der Waals surface area contributed by atoms with E-state index in [2.05, 4.69) is 5.16 Å². The smallest absolute Gasteiger partial charge is 0.203 e. The van der Waals surface area contributed by atoms with Gasteiger partial charge in [0.25, 0.3) is 0 Å². The van der Waals surface area contributed by atoms with E-state index in [-0.39, 0.29) is 0 Å². The molecule has 1 aliphatic carbocycles. The number of aryl methyl sites for hydroxylation is 1. The minimum atomic E-state index is -1.45. The van der Waals surface area contributed by atoms with Crippen molar-refractivity contribution in [3.8, 4) is 0 Å². The molecule has 0 radical (unpaired) electrons. The Morgan fingerprint density at radius 3 is 2.38 bits per heavy atom. The summed E-state index contributed by atoms with van der Waals surface area (Å²) in [7, 11) is 4.01. The number of hydrogen-bond donors (Lipinski definition) is 1. The van der Waals surface area contributed by atoms with Gasteiger partial charge < -0.3 is 14.5 Å². The zero-order valence-electron chi connectivity index (χ0n) is 17.4. The van der Waals surface area contributed by atoms with Gasteiger partial charge in [-0.05, 0) is 44.6 Å². The number of hydrogen-bond acceptors (Lipinski definition) is 5. The van der Waals surface area contributed by atoms with Crippen molar-refractivity contribution in [1.29, 1.82) is 0 Å². The summed E-state index contributed by atoms with van der Waals surface area (Å²) in [6.07, 6.45) is 7.61. The second-order valence-electron chi connectivity index (χ2n) is 7.87. The second-order valence-corrected chi connectivity index (χ2v) is 7.87. The van der Waals surface area contributed by atoms with Gasteiger partial charge >= 0.3 is 0 Å². The van der Waals surface area contributed by atoms with Gasteiger partial charge in [0.1, 0.15) is 0 Å². The molecule has 148 valence electrons. The lowest BCUT2D eigenvalue weighted by Gasteiger charge is -2.16. The van der Waals surface area contributed by atoms with E-state index in [1.54, 1.807) is 6.08 Å². The molecule has 0 spiro atoms. The summed E-state index contributed by atoms with van der Waals surface area (Å²) in [5.74, 6) is 0.600. The number of anilines is 1. The molecule has 0 amide bonds. The van der Waals surface area contributed by atoms with Crippen molar-refractivity contribution in [2.45, 2.75) is 26.5 Å². The SMILES string of the molecule is CC(C)=C1C=CC2=C(c3cc(C)no3)C(c3ccc(N(C)C)cc3)=NC2(O)C=C1. The van der Waals surface area contributed by atoms with E-state index >= 15 is 0 Å². The van der Waals surface area contributed by atoms with E-state index in [0.29, 0.717) is 17.0 Å². The molecule has 0 fully saturated rings. The number of benzene rings is 1. The molecule has 4 rings (SSSR count). The van der Waals surface area contributed by atoms with Crippen LogP contribution in [-0.4, -0.2) is 35.8 Å². The molecule has 1 aliphatic heterocycles. The second kappa shape index (κ2) is 7.01. The molecule has 5 heteroatoms. The van der Waals surface area contributed by atoms with Gasteiger partial charge in [-0.3, -0.25) is 0 Å². The molecule has 0 bridgehead atoms. The van der Waals surface area contributed by atoms with Crippen molar-refractivity contribution in [3.05, 3.63) is 88.4 Å². The lowest BCUT2D eigenvalue weighted by Crippen LogP contribution is -2.22. The molecule has 1 aromatic heterocycles. The quantitative estimate of drug-likeness (QED) is 0.845. The Balaban J connectivity index is 1.92. The zero-order chi connectivity index (χ0) is 20.8. The third kappa shape index (κ3) is 3.38. The van der Waals surface area contributed by atoms with Crippen LogP contribution in [0.5, 0.6) is 0 Å². The predicted molar refractivity (Wildman–Crippen MR) is 117 cm³/mol. The molecule has 2 aromatic rings. The molecule has 2 aliphatic rings. The van der Waals surface area contributed by atoms with Crippen LogP contribution in [0.15, 0.2) is 80.9 Å². The summed E-state index contributed by atoms with van der Waals surface area (Å²) < 4.78 is 5.59. The molecule has 29 heavy (non-hydrogen) atoms. The molecule has 0 saturated carbocycles. The normalized spacial score (nSPS) is 20.6. The average Bonchev–Trinajstić information content (AvgIpc) is 3.17. The third-order valence-corrected chi connectivity index (χ3v) is 5.22. The first-order valence-electron chi connectivity index (χ1n) is 9.62. The van der Waals surface area contributed by atoms with E-state index in [1.807, 2.05) is 88.3 Å². The van der Waals surface area contributed by atoms with Crippen LogP contribution >= 0.6 is 0 Å². The summed E-state index contributed by atoms with van der Waals surface area (Å²) in [6.45, 7) is 5.97. The van der Waals surface area contributed by atoms with E-state index in [0.717, 1.165) is 28.1 Å². The van der Waals surface area contributed by atoms with Crippen LogP contribution in [0.4, 0.5) is 5.69 Å². The largest absolute Gasteiger partial charge is 0.378 e. The van der Waals surface area contributed by atoms with Gasteiger partial charge in [0.05, 0.1) is 17.0 Å². The monoisotopic (exact) mass is 387 g/mol. The highest BCUT2D eigenvalue weighted by molar-refractivity contribution is 6.34. The van der Waals surface area contributed by atoms with Crippen molar-refractivity contribution in [3.63, 3.8) is 0 Å². The third-order valence-electron chi connectivity index (χ3n) is 5.22. The Kier molecular flexibility index (Phi) is 4.63. The Morgan fingerprint density at radius 2 is 1.79 bits per heavy atom. The number of aliphatic hydroxyl groups is 1. The topological polar surface area (TPSA) is 61.9 Å². The predicted octanol–water partition coefficient (Wildman–Crippen LogP) is 4.46. The minimum absolute atomic E-state index is 0.600. The van der Waals surface area contributed by atoms with E-state index < -0.39 is 5.72 Å². The summed E-state index contributed by atoms with van der Waals surface area (Å²) >= 11 is 0. The van der Waals surface area contributed by atoms with Gasteiger partial charge in [-0.15, -0.1) is 0 Å². The first-order valence-corrected chi connectivity index (χ1v) is 9.62. The van der Waals surface area contributed by atoms with Crippen LogP contribution in [0.3, 0.4) is 0 Å². The van der Waals surface area contributed by atoms with Crippen LogP contribution in [-0.2, 0) is 0 Å². The zero-order valence-corrected chi connectivity index (χ0v) is 17.4. The summed E-state index contributed by atoms with van der Waals surface area (Å²) in [6, 6.07) is 9.99. The number of aliphatic imine (C=N–C) groups is 1. The maximum absolute atomic E-state index is 11.4. The molecule has 1 unspecified atom stereocenters. The number of nitrogens with zero attached hydrogens (tertiary/aromatic N) is 3. The van der Waals surface area contributed by atoms with Gasteiger partial charge in [0, 0.05) is 37.0 Å². The number of fused-ring (bicyclic) bond motifs is 1. The Hall–Kier alpha value is -3.18. The van der Waals surface area contributed by atoms with Crippen LogP contribution in [0, 0.1) is 6.92 Å². The van der Waals surface area contributed by atoms with Crippen LogP contribution in [0.25, 0.3) is 5.57 Å². The van der Waals surface area contributed by atoms with Crippen LogP contribution in [0.2, 0.25) is 0 Å². The number of rotatable bonds is 3. The minimum Gasteiger partial charge on any atom is -0.378 e. The van der Waals surface area contributed by atoms with Crippen LogP contribution < -0.4 is 4.90 Å². The van der Waals surface area contributed by atoms with Crippen molar-refractivity contribution in [1.82, 2.24) is 5.16 Å². The maximum Gasteiger partial charge on any atom is 0.203 e. The highest BCUT2D eigenvalue weighted by atomic mass is 16.5. The maximum atomic E-state index is 11.4. The summed E-state index contributed by atoms with van der Waals surface area (Å²) in [5.41, 5.74) is 5.72. The average molecular weight is 387 g/mol. The highest BCUT2D eigenvalue weighted by Crippen LogP contribution is 2.41. The first-order chi connectivity index (χ1) is 13.8. The molecular weight excluding hydrogens is 362 g/mol. The summed E-state index contributed by atoms with van der Waals surface area (Å²) in [5, 5.41) is 15.5. The van der Waals surface area contributed by atoms with Gasteiger partial charge in [0.2, 0.25) is 5.72 Å². The highest BCUT2D eigenvalue weighted by Gasteiger charge is 2.40. The van der Waals surface area contributed by atoms with E-state index in [9.17, 15) is 5.11 Å². The van der Waals surface area contributed by atoms with Gasteiger partial charge in [-0.25, -0.2) is 4.99 Å². The van der Waals surface area contributed by atoms with Crippen molar-refractivity contribution in [2.75, 3.05) is 19.0 Å². The van der Waals surface area contributed by atoms with Crippen LogP contribution in [0.1, 0.15) is 30.9 Å². The van der Waals surface area contributed by atoms with Gasteiger partial charge in [-0.1, -0.05) is 41.1 Å². The molecule has 1 N–H and O–H groups in total. The first kappa shape index (κ1) is 19.2. The van der Waals surface area contributed by atoms with Gasteiger partial charge in [-0.2, -0.15) is 0 Å². The van der Waals surface area contributed by atoms with Crippen molar-refractivity contribution >= 4 is 17.0 Å². The van der Waals surface area contributed by atoms with E-state index in [1.165, 1.54) is 5.57 Å². The standard InChI is InChI=1S/C24H25N3O2/c1-15(2)17-8-11-20-22(21-14-16(3)26-29-21)23(25-24(20,28)13-12-17)18-6-9-19(10-7-18)27(4)5/h6-14,28H,1-5H3. The number of aromatic nitrogens is 1. The van der Waals surface area contributed by atoms with Crippen molar-refractivity contribution in [2.24, 2.45) is 4.99 Å². The molecule has 5 nitrogen and oxygen atoms in total. The molecular formula is C24H25N3O2. The number of allylic oxidation sites excluding steroid dienone is 5. The van der Waals surface area contributed by atoms with Gasteiger partial charge in [0.15, 0.2) is 5.76 Å². The van der Waals surface area contributed by atoms with E-state index in [4.69, 9.17) is 9.52 Å². The molecule has 2 heterocycles. The van der Waals surface area contributed by atoms with Crippen molar-refractivity contribution < 1.29 is 9.63 Å². The fourth-order valence-corrected chi connectivity index (χ4v) is 3.56. The lowest BCUT2D eigenvalue weighted by atomic mass is 9.94.